The summed E-state index contributed by atoms with van der Waals surface area (Å²) in [7, 11) is 1.82. The zero-order chi connectivity index (χ0) is 17.4. The molecule has 3 fully saturated rings. The van der Waals surface area contributed by atoms with E-state index in [1.54, 1.807) is 15.8 Å². The van der Waals surface area contributed by atoms with Gasteiger partial charge in [-0.2, -0.15) is 5.10 Å². The Morgan fingerprint density at radius 1 is 1.20 bits per heavy atom. The highest BCUT2D eigenvalue weighted by Gasteiger charge is 2.44. The first kappa shape index (κ1) is 16.4. The van der Waals surface area contributed by atoms with Gasteiger partial charge in [0.15, 0.2) is 0 Å². The topological polar surface area (TPSA) is 79.3 Å². The summed E-state index contributed by atoms with van der Waals surface area (Å²) in [5, 5.41) is 10.0. The maximum absolute atomic E-state index is 12.5. The number of hydrogen-bond acceptors (Lipinski definition) is 3. The summed E-state index contributed by atoms with van der Waals surface area (Å²) in [6, 6.07) is -0.337. The molecule has 25 heavy (non-hydrogen) atoms. The van der Waals surface area contributed by atoms with Crippen LogP contribution >= 0.6 is 0 Å². The van der Waals surface area contributed by atoms with Crippen molar-refractivity contribution in [2.24, 2.45) is 18.9 Å². The maximum atomic E-state index is 12.5. The number of rotatable bonds is 4. The van der Waals surface area contributed by atoms with Crippen molar-refractivity contribution in [2.45, 2.75) is 57.0 Å². The highest BCUT2D eigenvalue weighted by molar-refractivity contribution is 6.01. The molecule has 0 spiro atoms. The maximum Gasteiger partial charge on any atom is 0.315 e. The molecule has 7 heteroatoms. The van der Waals surface area contributed by atoms with Crippen molar-refractivity contribution in [2.75, 3.05) is 11.4 Å². The Morgan fingerprint density at radius 3 is 2.72 bits per heavy atom. The third-order valence-electron chi connectivity index (χ3n) is 5.93. The van der Waals surface area contributed by atoms with E-state index in [0.717, 1.165) is 18.0 Å². The van der Waals surface area contributed by atoms with E-state index >= 15 is 0 Å². The van der Waals surface area contributed by atoms with Crippen LogP contribution in [-0.4, -0.2) is 40.3 Å². The van der Waals surface area contributed by atoms with Crippen molar-refractivity contribution < 1.29 is 9.59 Å². The molecule has 1 aromatic heterocycles. The summed E-state index contributed by atoms with van der Waals surface area (Å²) in [4.78, 5) is 26.5. The van der Waals surface area contributed by atoms with Gasteiger partial charge in [-0.25, -0.2) is 4.79 Å². The summed E-state index contributed by atoms with van der Waals surface area (Å²) < 4.78 is 1.68. The molecule has 2 N–H and O–H groups in total. The van der Waals surface area contributed by atoms with E-state index in [4.69, 9.17) is 0 Å². The van der Waals surface area contributed by atoms with E-state index in [1.807, 2.05) is 13.2 Å². The fraction of sp³-hybridized carbons (Fsp3) is 0.722. The molecule has 136 valence electrons. The lowest BCUT2D eigenvalue weighted by Gasteiger charge is -2.21. The van der Waals surface area contributed by atoms with Crippen LogP contribution in [-0.2, 0) is 11.8 Å². The van der Waals surface area contributed by atoms with Crippen molar-refractivity contribution in [3.63, 3.8) is 0 Å². The van der Waals surface area contributed by atoms with Gasteiger partial charge in [0.1, 0.15) is 6.04 Å². The number of hydrogen-bond donors (Lipinski definition) is 2. The first-order valence-corrected chi connectivity index (χ1v) is 9.49. The van der Waals surface area contributed by atoms with Crippen LogP contribution in [0.4, 0.5) is 10.5 Å². The molecular formula is C18H27N5O2. The van der Waals surface area contributed by atoms with Crippen molar-refractivity contribution in [3.05, 3.63) is 12.4 Å². The second-order valence-electron chi connectivity index (χ2n) is 7.73. The molecule has 7 nitrogen and oxygen atoms in total. The largest absolute Gasteiger partial charge is 0.335 e. The highest BCUT2D eigenvalue weighted by Crippen LogP contribution is 2.44. The first-order chi connectivity index (χ1) is 12.1. The quantitative estimate of drug-likeness (QED) is 0.873. The number of amides is 3. The zero-order valence-electron chi connectivity index (χ0n) is 14.8. The molecule has 1 aromatic rings. The fourth-order valence-electron chi connectivity index (χ4n) is 4.45. The molecule has 2 saturated carbocycles. The van der Waals surface area contributed by atoms with Crippen molar-refractivity contribution in [3.8, 4) is 0 Å². The lowest BCUT2D eigenvalue weighted by atomic mass is 9.85. The van der Waals surface area contributed by atoms with Crippen LogP contribution in [0.1, 0.15) is 44.9 Å². The summed E-state index contributed by atoms with van der Waals surface area (Å²) in [6.45, 7) is 0.615. The van der Waals surface area contributed by atoms with Gasteiger partial charge < -0.3 is 15.5 Å². The van der Waals surface area contributed by atoms with Crippen molar-refractivity contribution in [1.82, 2.24) is 20.4 Å². The van der Waals surface area contributed by atoms with E-state index in [1.165, 1.54) is 32.1 Å². The lowest BCUT2D eigenvalue weighted by molar-refractivity contribution is -0.118. The molecule has 3 atom stereocenters. The van der Waals surface area contributed by atoms with Crippen LogP contribution < -0.4 is 15.5 Å². The van der Waals surface area contributed by atoms with E-state index in [9.17, 15) is 9.59 Å². The van der Waals surface area contributed by atoms with Crippen LogP contribution in [0.25, 0.3) is 0 Å². The number of carbonyl (C=O) groups excluding carboxylic acids is 2. The predicted octanol–water partition coefficient (Wildman–Crippen LogP) is 1.79. The Kier molecular flexibility index (Phi) is 4.39. The van der Waals surface area contributed by atoms with Gasteiger partial charge in [-0.1, -0.05) is 32.1 Å². The van der Waals surface area contributed by atoms with Gasteiger partial charge in [0.2, 0.25) is 5.91 Å². The van der Waals surface area contributed by atoms with Gasteiger partial charge in [-0.05, 0) is 24.7 Å². The third kappa shape index (κ3) is 3.50. The Hall–Kier alpha value is -2.05. The van der Waals surface area contributed by atoms with Crippen LogP contribution in [0.3, 0.4) is 0 Å². The number of urea groups is 1. The highest BCUT2D eigenvalue weighted by atomic mass is 16.2. The smallest absolute Gasteiger partial charge is 0.315 e. The Bertz CT molecular complexity index is 652. The molecule has 0 bridgehead atoms. The average Bonchev–Trinajstić information content (AvgIpc) is 3.09. The Balaban J connectivity index is 1.25. The monoisotopic (exact) mass is 345 g/mol. The van der Waals surface area contributed by atoms with E-state index in [2.05, 4.69) is 15.7 Å². The Morgan fingerprint density at radius 2 is 2.00 bits per heavy atom. The molecule has 4 rings (SSSR count). The minimum atomic E-state index is -0.438. The molecule has 0 aromatic carbocycles. The third-order valence-corrected chi connectivity index (χ3v) is 5.93. The van der Waals surface area contributed by atoms with E-state index < -0.39 is 6.04 Å². The van der Waals surface area contributed by atoms with Crippen LogP contribution in [0.15, 0.2) is 12.4 Å². The molecule has 2 heterocycles. The summed E-state index contributed by atoms with van der Waals surface area (Å²) in [5.41, 5.74) is 0.789. The number of aryl methyl sites for hydroxylation is 1. The van der Waals surface area contributed by atoms with Crippen molar-refractivity contribution in [1.29, 1.82) is 0 Å². The van der Waals surface area contributed by atoms with Crippen LogP contribution in [0.2, 0.25) is 0 Å². The normalized spacial score (nSPS) is 29.7. The molecule has 1 aliphatic heterocycles. The van der Waals surface area contributed by atoms with Gasteiger partial charge in [0, 0.05) is 25.8 Å². The average molecular weight is 345 g/mol. The SMILES string of the molecule is Cn1cc(N2CC[C@H](NC(=O)N[C@H]3C[C@H]3C3CCCCC3)C2=O)cn1. The predicted molar refractivity (Wildman–Crippen MR) is 94.1 cm³/mol. The number of carbonyl (C=O) groups is 2. The minimum absolute atomic E-state index is 0.0530. The summed E-state index contributed by atoms with van der Waals surface area (Å²) in [5.74, 6) is 1.38. The van der Waals surface area contributed by atoms with E-state index in [0.29, 0.717) is 24.9 Å². The molecule has 3 aliphatic rings. The van der Waals surface area contributed by atoms with Crippen molar-refractivity contribution >= 4 is 17.6 Å². The van der Waals surface area contributed by atoms with Gasteiger partial charge in [-0.3, -0.25) is 9.48 Å². The number of nitrogens with zero attached hydrogens (tertiary/aromatic N) is 3. The zero-order valence-corrected chi connectivity index (χ0v) is 14.8. The summed E-state index contributed by atoms with van der Waals surface area (Å²) in [6.07, 6.45) is 11.9. The van der Waals surface area contributed by atoms with Gasteiger partial charge in [0.05, 0.1) is 11.9 Å². The van der Waals surface area contributed by atoms with E-state index in [-0.39, 0.29) is 11.9 Å². The molecule has 0 unspecified atom stereocenters. The van der Waals surface area contributed by atoms with Crippen LogP contribution in [0, 0.1) is 11.8 Å². The minimum Gasteiger partial charge on any atom is -0.335 e. The lowest BCUT2D eigenvalue weighted by Crippen LogP contribution is -2.47. The van der Waals surface area contributed by atoms with Gasteiger partial charge >= 0.3 is 6.03 Å². The molecule has 2 aliphatic carbocycles. The molecule has 1 saturated heterocycles. The first-order valence-electron chi connectivity index (χ1n) is 9.49. The molecule has 0 radical (unpaired) electrons. The Labute approximate surface area is 148 Å². The molecular weight excluding hydrogens is 318 g/mol. The molecule has 3 amide bonds. The summed E-state index contributed by atoms with van der Waals surface area (Å²) >= 11 is 0. The second-order valence-corrected chi connectivity index (χ2v) is 7.73. The number of aromatic nitrogens is 2. The van der Waals surface area contributed by atoms with Crippen LogP contribution in [0.5, 0.6) is 0 Å². The number of nitrogens with one attached hydrogen (secondary N) is 2. The standard InChI is InChI=1S/C18H27N5O2/c1-22-11-13(10-19-22)23-8-7-15(17(23)24)20-18(25)21-16-9-14(16)12-5-3-2-4-6-12/h10-12,14-16H,2-9H2,1H3,(H2,20,21,25)/t14-,15-,16-/m0/s1. The number of anilines is 1. The second kappa shape index (κ2) is 6.69. The van der Waals surface area contributed by atoms with Gasteiger partial charge in [0.25, 0.3) is 0 Å². The van der Waals surface area contributed by atoms with Gasteiger partial charge in [-0.15, -0.1) is 0 Å². The fourth-order valence-corrected chi connectivity index (χ4v) is 4.45.